The molecule has 0 radical (unpaired) electrons. The first-order valence-corrected chi connectivity index (χ1v) is 5.58. The van der Waals surface area contributed by atoms with Crippen LogP contribution in [-0.2, 0) is 0 Å². The van der Waals surface area contributed by atoms with Gasteiger partial charge in [-0.15, -0.1) is 0 Å². The van der Waals surface area contributed by atoms with Crippen molar-refractivity contribution >= 4 is 38.9 Å². The van der Waals surface area contributed by atoms with Crippen LogP contribution in [0.3, 0.4) is 0 Å². The molecule has 0 bridgehead atoms. The van der Waals surface area contributed by atoms with Crippen molar-refractivity contribution in [2.24, 2.45) is 0 Å². The summed E-state index contributed by atoms with van der Waals surface area (Å²) in [5.74, 6) is 0. The molecule has 0 N–H and O–H groups in total. The van der Waals surface area contributed by atoms with Gasteiger partial charge in [-0.1, -0.05) is 11.6 Å². The van der Waals surface area contributed by atoms with E-state index in [9.17, 15) is 0 Å². The Morgan fingerprint density at radius 3 is 2.77 bits per heavy atom. The van der Waals surface area contributed by atoms with Crippen LogP contribution < -0.4 is 0 Å². The lowest BCUT2D eigenvalue weighted by Gasteiger charge is -1.97. The van der Waals surface area contributed by atoms with E-state index in [0.29, 0.717) is 5.15 Å². The van der Waals surface area contributed by atoms with Gasteiger partial charge in [-0.2, -0.15) is 11.3 Å². The highest BCUT2D eigenvalue weighted by Crippen LogP contribution is 2.30. The van der Waals surface area contributed by atoms with E-state index >= 15 is 0 Å². The number of hydrogen-bond acceptors (Lipinski definition) is 3. The molecule has 66 valence electrons. The van der Waals surface area contributed by atoms with Crippen LogP contribution in [0.15, 0.2) is 27.6 Å². The molecular formula is C8H4BrClN2S. The van der Waals surface area contributed by atoms with Crippen molar-refractivity contribution in [2.45, 2.75) is 0 Å². The van der Waals surface area contributed by atoms with Gasteiger partial charge in [0, 0.05) is 26.9 Å². The second kappa shape index (κ2) is 3.74. The maximum absolute atomic E-state index is 5.75. The molecule has 0 aromatic carbocycles. The highest BCUT2D eigenvalue weighted by molar-refractivity contribution is 9.10. The van der Waals surface area contributed by atoms with Crippen LogP contribution in [0.5, 0.6) is 0 Å². The lowest BCUT2D eigenvalue weighted by atomic mass is 10.2. The molecule has 13 heavy (non-hydrogen) atoms. The summed E-state index contributed by atoms with van der Waals surface area (Å²) in [6, 6.07) is 1.74. The normalized spacial score (nSPS) is 10.3. The maximum Gasteiger partial charge on any atom is 0.133 e. The van der Waals surface area contributed by atoms with Crippen LogP contribution in [0.25, 0.3) is 11.3 Å². The molecule has 0 aliphatic heterocycles. The van der Waals surface area contributed by atoms with E-state index in [0.717, 1.165) is 15.7 Å². The minimum atomic E-state index is 0.461. The molecule has 0 aliphatic rings. The van der Waals surface area contributed by atoms with Gasteiger partial charge in [0.2, 0.25) is 0 Å². The summed E-state index contributed by atoms with van der Waals surface area (Å²) in [5, 5.41) is 4.48. The zero-order chi connectivity index (χ0) is 9.26. The Kier molecular flexibility index (Phi) is 2.62. The average Bonchev–Trinajstić information content (AvgIpc) is 2.51. The first-order valence-electron chi connectivity index (χ1n) is 3.47. The molecular weight excluding hydrogens is 272 g/mol. The summed E-state index contributed by atoms with van der Waals surface area (Å²) in [7, 11) is 0. The summed E-state index contributed by atoms with van der Waals surface area (Å²) in [4.78, 5) is 7.95. The van der Waals surface area contributed by atoms with Gasteiger partial charge >= 0.3 is 0 Å². The molecule has 0 saturated carbocycles. The van der Waals surface area contributed by atoms with Crippen LogP contribution in [0, 0.1) is 0 Å². The largest absolute Gasteiger partial charge is 0.236 e. The second-order valence-electron chi connectivity index (χ2n) is 2.36. The van der Waals surface area contributed by atoms with Crippen molar-refractivity contribution in [3.63, 3.8) is 0 Å². The van der Waals surface area contributed by atoms with Crippen LogP contribution in [0.4, 0.5) is 0 Å². The van der Waals surface area contributed by atoms with Crippen molar-refractivity contribution in [3.8, 4) is 11.3 Å². The molecule has 2 aromatic heterocycles. The van der Waals surface area contributed by atoms with Crippen LogP contribution in [-0.4, -0.2) is 9.97 Å². The van der Waals surface area contributed by atoms with E-state index in [2.05, 4.69) is 25.9 Å². The third-order valence-corrected chi connectivity index (χ3v) is 3.43. The maximum atomic E-state index is 5.75. The quantitative estimate of drug-likeness (QED) is 0.743. The SMILES string of the molecule is Clc1cc(-c2cscc2Br)ncn1. The lowest BCUT2D eigenvalue weighted by molar-refractivity contribution is 1.17. The van der Waals surface area contributed by atoms with Gasteiger partial charge in [-0.3, -0.25) is 0 Å². The third kappa shape index (κ3) is 1.90. The van der Waals surface area contributed by atoms with Crippen molar-refractivity contribution in [1.82, 2.24) is 9.97 Å². The molecule has 0 atom stereocenters. The Hall–Kier alpha value is -0.450. The molecule has 2 rings (SSSR count). The van der Waals surface area contributed by atoms with Crippen LogP contribution in [0.1, 0.15) is 0 Å². The lowest BCUT2D eigenvalue weighted by Crippen LogP contribution is -1.83. The van der Waals surface area contributed by atoms with Gasteiger partial charge < -0.3 is 0 Å². The number of nitrogens with zero attached hydrogens (tertiary/aromatic N) is 2. The van der Waals surface area contributed by atoms with Gasteiger partial charge in [-0.25, -0.2) is 9.97 Å². The molecule has 2 aromatic rings. The highest BCUT2D eigenvalue weighted by atomic mass is 79.9. The fourth-order valence-electron chi connectivity index (χ4n) is 0.945. The Morgan fingerprint density at radius 1 is 1.31 bits per heavy atom. The topological polar surface area (TPSA) is 25.8 Å². The standard InChI is InChI=1S/C8H4BrClN2S/c9-6-3-13-2-5(6)7-1-8(10)12-4-11-7/h1-4H. The average molecular weight is 276 g/mol. The Morgan fingerprint density at radius 2 is 2.15 bits per heavy atom. The zero-order valence-corrected chi connectivity index (χ0v) is 9.53. The summed E-state index contributed by atoms with van der Waals surface area (Å²) < 4.78 is 1.03. The minimum absolute atomic E-state index is 0.461. The predicted octanol–water partition coefficient (Wildman–Crippen LogP) is 3.62. The molecule has 0 amide bonds. The summed E-state index contributed by atoms with van der Waals surface area (Å²) in [6.45, 7) is 0. The Balaban J connectivity index is 2.53. The van der Waals surface area contributed by atoms with E-state index in [1.807, 2.05) is 10.8 Å². The van der Waals surface area contributed by atoms with E-state index in [1.165, 1.54) is 6.33 Å². The monoisotopic (exact) mass is 274 g/mol. The molecule has 0 aliphatic carbocycles. The zero-order valence-electron chi connectivity index (χ0n) is 6.37. The second-order valence-corrected chi connectivity index (χ2v) is 4.34. The number of rotatable bonds is 1. The van der Waals surface area contributed by atoms with E-state index in [-0.39, 0.29) is 0 Å². The number of hydrogen-bond donors (Lipinski definition) is 0. The van der Waals surface area contributed by atoms with Crippen molar-refractivity contribution in [1.29, 1.82) is 0 Å². The number of halogens is 2. The fourth-order valence-corrected chi connectivity index (χ4v) is 2.58. The van der Waals surface area contributed by atoms with Crippen molar-refractivity contribution < 1.29 is 0 Å². The summed E-state index contributed by atoms with van der Waals surface area (Å²) in [6.07, 6.45) is 1.46. The summed E-state index contributed by atoms with van der Waals surface area (Å²) in [5.41, 5.74) is 1.89. The van der Waals surface area contributed by atoms with Crippen LogP contribution >= 0.6 is 38.9 Å². The van der Waals surface area contributed by atoms with Gasteiger partial charge in [0.15, 0.2) is 0 Å². The molecule has 2 heterocycles. The van der Waals surface area contributed by atoms with Crippen molar-refractivity contribution in [3.05, 3.63) is 32.8 Å². The number of aromatic nitrogens is 2. The first kappa shape index (κ1) is 9.12. The van der Waals surface area contributed by atoms with Gasteiger partial charge in [0.25, 0.3) is 0 Å². The van der Waals surface area contributed by atoms with Crippen LogP contribution in [0.2, 0.25) is 5.15 Å². The van der Waals surface area contributed by atoms with Gasteiger partial charge in [-0.05, 0) is 15.9 Å². The molecule has 0 saturated heterocycles. The van der Waals surface area contributed by atoms with Crippen molar-refractivity contribution in [2.75, 3.05) is 0 Å². The van der Waals surface area contributed by atoms with E-state index in [4.69, 9.17) is 11.6 Å². The molecule has 0 unspecified atom stereocenters. The highest BCUT2D eigenvalue weighted by Gasteiger charge is 2.05. The van der Waals surface area contributed by atoms with E-state index in [1.54, 1.807) is 17.4 Å². The number of thiophene rings is 1. The minimum Gasteiger partial charge on any atom is -0.236 e. The molecule has 0 fully saturated rings. The summed E-state index contributed by atoms with van der Waals surface area (Å²) >= 11 is 10.8. The smallest absolute Gasteiger partial charge is 0.133 e. The van der Waals surface area contributed by atoms with E-state index < -0.39 is 0 Å². The van der Waals surface area contributed by atoms with Gasteiger partial charge in [0.1, 0.15) is 11.5 Å². The molecule has 2 nitrogen and oxygen atoms in total. The molecule has 0 spiro atoms. The third-order valence-electron chi connectivity index (χ3n) is 1.52. The Bertz CT molecular complexity index is 430. The predicted molar refractivity (Wildman–Crippen MR) is 58.1 cm³/mol. The Labute approximate surface area is 92.7 Å². The fraction of sp³-hybridized carbons (Fsp3) is 0. The molecule has 5 heteroatoms. The van der Waals surface area contributed by atoms with Gasteiger partial charge in [0.05, 0.1) is 5.69 Å². The first-order chi connectivity index (χ1) is 6.27.